The van der Waals surface area contributed by atoms with Crippen LogP contribution >= 0.6 is 0 Å². The Bertz CT molecular complexity index is 740. The summed E-state index contributed by atoms with van der Waals surface area (Å²) in [7, 11) is 1.23. The molecule has 0 radical (unpaired) electrons. The van der Waals surface area contributed by atoms with E-state index in [0.717, 1.165) is 29.3 Å². The summed E-state index contributed by atoms with van der Waals surface area (Å²) in [5, 5.41) is 2.56. The number of methoxy groups -OCH3 is 1. The first-order valence-electron chi connectivity index (χ1n) is 7.75. The number of benzene rings is 2. The van der Waals surface area contributed by atoms with Gasteiger partial charge >= 0.3 is 5.97 Å². The van der Waals surface area contributed by atoms with Gasteiger partial charge in [-0.3, -0.25) is 4.79 Å². The zero-order chi connectivity index (χ0) is 18.4. The van der Waals surface area contributed by atoms with Crippen LogP contribution in [0.3, 0.4) is 0 Å². The van der Waals surface area contributed by atoms with E-state index in [4.69, 9.17) is 4.74 Å². The third-order valence-corrected chi connectivity index (χ3v) is 3.67. The number of nitrogens with one attached hydrogen (secondary N) is 1. The summed E-state index contributed by atoms with van der Waals surface area (Å²) in [5.74, 6) is -2.62. The second kappa shape index (κ2) is 8.37. The molecule has 0 aliphatic rings. The number of rotatable bonds is 6. The molecule has 25 heavy (non-hydrogen) atoms. The molecule has 0 bridgehead atoms. The lowest BCUT2D eigenvalue weighted by molar-refractivity contribution is -0.145. The van der Waals surface area contributed by atoms with Crippen LogP contribution in [0.4, 0.5) is 8.78 Å². The molecule has 132 valence electrons. The molecule has 0 unspecified atom stereocenters. The maximum atomic E-state index is 13.2. The Morgan fingerprint density at radius 2 is 1.64 bits per heavy atom. The van der Waals surface area contributed by atoms with Gasteiger partial charge in [0.1, 0.15) is 17.7 Å². The third-order valence-electron chi connectivity index (χ3n) is 3.67. The summed E-state index contributed by atoms with van der Waals surface area (Å²) in [6.45, 7) is 1.95. The number of hydrogen-bond acceptors (Lipinski definition) is 3. The highest BCUT2D eigenvalue weighted by Crippen LogP contribution is 2.10. The standard InChI is InChI=1S/C19H19F2NO3/c1-12-3-5-13(6-4-12)9-17(19(24)25-2)22-18(23)10-14-7-15(20)11-16(21)8-14/h3-8,11,17H,9-10H2,1-2H3,(H,22,23)/t17-/m0/s1. The number of carbonyl (C=O) groups is 2. The quantitative estimate of drug-likeness (QED) is 0.818. The van der Waals surface area contributed by atoms with Gasteiger partial charge < -0.3 is 10.1 Å². The first-order chi connectivity index (χ1) is 11.9. The summed E-state index contributed by atoms with van der Waals surface area (Å²) in [4.78, 5) is 24.1. The number of amides is 1. The zero-order valence-electron chi connectivity index (χ0n) is 14.0. The highest BCUT2D eigenvalue weighted by molar-refractivity contribution is 5.85. The van der Waals surface area contributed by atoms with Crippen molar-refractivity contribution in [2.24, 2.45) is 0 Å². The summed E-state index contributed by atoms with van der Waals surface area (Å²) in [6.07, 6.45) is 0.0201. The molecule has 0 spiro atoms. The van der Waals surface area contributed by atoms with Crippen molar-refractivity contribution < 1.29 is 23.1 Å². The van der Waals surface area contributed by atoms with Crippen molar-refractivity contribution in [3.05, 3.63) is 70.8 Å². The summed E-state index contributed by atoms with van der Waals surface area (Å²) in [5.41, 5.74) is 2.13. The maximum Gasteiger partial charge on any atom is 0.328 e. The number of hydrogen-bond donors (Lipinski definition) is 1. The molecule has 0 aliphatic heterocycles. The van der Waals surface area contributed by atoms with Gasteiger partial charge in [0, 0.05) is 12.5 Å². The predicted octanol–water partition coefficient (Wildman–Crippen LogP) is 2.72. The van der Waals surface area contributed by atoms with E-state index in [9.17, 15) is 18.4 Å². The molecule has 6 heteroatoms. The predicted molar refractivity (Wildman–Crippen MR) is 88.9 cm³/mol. The van der Waals surface area contributed by atoms with Crippen LogP contribution in [0.25, 0.3) is 0 Å². The average molecular weight is 347 g/mol. The molecule has 0 saturated heterocycles. The van der Waals surface area contributed by atoms with Crippen LogP contribution in [-0.4, -0.2) is 25.0 Å². The van der Waals surface area contributed by atoms with Crippen molar-refractivity contribution in [3.63, 3.8) is 0 Å². The minimum Gasteiger partial charge on any atom is -0.467 e. The molecular weight excluding hydrogens is 328 g/mol. The fourth-order valence-electron chi connectivity index (χ4n) is 2.44. The maximum absolute atomic E-state index is 13.2. The van der Waals surface area contributed by atoms with E-state index in [1.165, 1.54) is 7.11 Å². The topological polar surface area (TPSA) is 55.4 Å². The van der Waals surface area contributed by atoms with Crippen LogP contribution < -0.4 is 5.32 Å². The highest BCUT2D eigenvalue weighted by Gasteiger charge is 2.22. The lowest BCUT2D eigenvalue weighted by Gasteiger charge is -2.17. The first-order valence-corrected chi connectivity index (χ1v) is 7.75. The normalized spacial score (nSPS) is 11.7. The van der Waals surface area contributed by atoms with Gasteiger partial charge in [0.15, 0.2) is 0 Å². The van der Waals surface area contributed by atoms with E-state index < -0.39 is 29.6 Å². The van der Waals surface area contributed by atoms with Gasteiger partial charge in [-0.1, -0.05) is 29.8 Å². The number of halogens is 2. The minimum absolute atomic E-state index is 0.189. The fraction of sp³-hybridized carbons (Fsp3) is 0.263. The van der Waals surface area contributed by atoms with E-state index in [1.807, 2.05) is 31.2 Å². The van der Waals surface area contributed by atoms with E-state index in [1.54, 1.807) is 0 Å². The van der Waals surface area contributed by atoms with Gasteiger partial charge in [-0.2, -0.15) is 0 Å². The van der Waals surface area contributed by atoms with Crippen LogP contribution in [0.15, 0.2) is 42.5 Å². The molecule has 0 heterocycles. The van der Waals surface area contributed by atoms with Crippen LogP contribution in [-0.2, 0) is 27.2 Å². The van der Waals surface area contributed by atoms with Gasteiger partial charge in [-0.05, 0) is 30.2 Å². The Morgan fingerprint density at radius 3 is 2.20 bits per heavy atom. The summed E-state index contributed by atoms with van der Waals surface area (Å²) >= 11 is 0. The molecule has 2 rings (SSSR count). The van der Waals surface area contributed by atoms with Crippen molar-refractivity contribution in [2.75, 3.05) is 7.11 Å². The van der Waals surface area contributed by atoms with Gasteiger partial charge in [0.2, 0.25) is 5.91 Å². The fourth-order valence-corrected chi connectivity index (χ4v) is 2.44. The van der Waals surface area contributed by atoms with Crippen molar-refractivity contribution in [3.8, 4) is 0 Å². The Labute approximate surface area is 144 Å². The minimum atomic E-state index is -0.876. The lowest BCUT2D eigenvalue weighted by Crippen LogP contribution is -2.43. The largest absolute Gasteiger partial charge is 0.467 e. The SMILES string of the molecule is COC(=O)[C@H](Cc1ccc(C)cc1)NC(=O)Cc1cc(F)cc(F)c1. The van der Waals surface area contributed by atoms with E-state index >= 15 is 0 Å². The molecule has 4 nitrogen and oxygen atoms in total. The van der Waals surface area contributed by atoms with Crippen molar-refractivity contribution in [1.29, 1.82) is 0 Å². The number of aryl methyl sites for hydroxylation is 1. The molecule has 1 N–H and O–H groups in total. The molecule has 1 amide bonds. The molecular formula is C19H19F2NO3. The second-order valence-corrected chi connectivity index (χ2v) is 5.79. The molecule has 0 aromatic heterocycles. The Kier molecular flexibility index (Phi) is 6.22. The van der Waals surface area contributed by atoms with Crippen molar-refractivity contribution in [2.45, 2.75) is 25.8 Å². The Balaban J connectivity index is 2.06. The smallest absolute Gasteiger partial charge is 0.328 e. The van der Waals surface area contributed by atoms with Gasteiger partial charge in [-0.15, -0.1) is 0 Å². The van der Waals surface area contributed by atoms with Crippen molar-refractivity contribution in [1.82, 2.24) is 5.32 Å². The monoisotopic (exact) mass is 347 g/mol. The van der Waals surface area contributed by atoms with Crippen LogP contribution in [0.5, 0.6) is 0 Å². The summed E-state index contributed by atoms with van der Waals surface area (Å²) < 4.78 is 31.1. The zero-order valence-corrected chi connectivity index (χ0v) is 14.0. The number of carbonyl (C=O) groups excluding carboxylic acids is 2. The molecule has 0 aliphatic carbocycles. The average Bonchev–Trinajstić information content (AvgIpc) is 2.54. The van der Waals surface area contributed by atoms with E-state index in [-0.39, 0.29) is 18.4 Å². The van der Waals surface area contributed by atoms with E-state index in [0.29, 0.717) is 0 Å². The molecule has 2 aromatic rings. The van der Waals surface area contributed by atoms with E-state index in [2.05, 4.69) is 5.32 Å². The lowest BCUT2D eigenvalue weighted by atomic mass is 10.0. The number of esters is 1. The summed E-state index contributed by atoms with van der Waals surface area (Å²) in [6, 6.07) is 9.54. The molecule has 2 aromatic carbocycles. The molecule has 0 fully saturated rings. The first kappa shape index (κ1) is 18.6. The molecule has 1 atom stereocenters. The number of ether oxygens (including phenoxy) is 1. The van der Waals surface area contributed by atoms with Crippen LogP contribution in [0.2, 0.25) is 0 Å². The second-order valence-electron chi connectivity index (χ2n) is 5.79. The highest BCUT2D eigenvalue weighted by atomic mass is 19.1. The Hall–Kier alpha value is -2.76. The van der Waals surface area contributed by atoms with Gasteiger partial charge in [0.05, 0.1) is 13.5 Å². The van der Waals surface area contributed by atoms with Crippen LogP contribution in [0, 0.1) is 18.6 Å². The van der Waals surface area contributed by atoms with Crippen molar-refractivity contribution >= 4 is 11.9 Å². The van der Waals surface area contributed by atoms with Gasteiger partial charge in [0.25, 0.3) is 0 Å². The Morgan fingerprint density at radius 1 is 1.04 bits per heavy atom. The third kappa shape index (κ3) is 5.67. The van der Waals surface area contributed by atoms with Crippen LogP contribution in [0.1, 0.15) is 16.7 Å². The molecule has 0 saturated carbocycles. The van der Waals surface area contributed by atoms with Gasteiger partial charge in [-0.25, -0.2) is 13.6 Å².